The second-order valence-corrected chi connectivity index (χ2v) is 5.28. The van der Waals surface area contributed by atoms with Crippen molar-refractivity contribution in [2.75, 3.05) is 18.5 Å². The molecule has 0 heterocycles. The van der Waals surface area contributed by atoms with Gasteiger partial charge in [-0.25, -0.2) is 0 Å². The van der Waals surface area contributed by atoms with Gasteiger partial charge in [0.25, 0.3) is 0 Å². The summed E-state index contributed by atoms with van der Waals surface area (Å²) in [7, 11) is 4.31. The molecule has 7 heavy (non-hydrogen) atoms. The van der Waals surface area contributed by atoms with Crippen molar-refractivity contribution in [3.63, 3.8) is 0 Å². The molecule has 46 valence electrons. The molecule has 2 heteroatoms. The van der Waals surface area contributed by atoms with Gasteiger partial charge >= 0.3 is 56.5 Å². The number of halogens is 1. The molecule has 0 rings (SSSR count). The van der Waals surface area contributed by atoms with Gasteiger partial charge in [0.2, 0.25) is 0 Å². The molecule has 0 fully saturated rings. The molecule has 0 bridgehead atoms. The molecule has 0 unspecified atom stereocenters. The Morgan fingerprint density at radius 1 is 1.43 bits per heavy atom. The molecule has 1 nitrogen and oxygen atoms in total. The van der Waals surface area contributed by atoms with E-state index in [1.165, 1.54) is 10.8 Å². The fraction of sp³-hybridized carbons (Fsp3) is 1.00. The van der Waals surface area contributed by atoms with E-state index in [4.69, 9.17) is 0 Å². The third-order valence-electron chi connectivity index (χ3n) is 0.513. The first-order valence-electron chi connectivity index (χ1n) is 2.54. The molecule has 0 atom stereocenters. The monoisotopic (exact) mass is 214 g/mol. The first kappa shape index (κ1) is 7.69. The summed E-state index contributed by atoms with van der Waals surface area (Å²) in [5.41, 5.74) is 0. The second-order valence-electron chi connectivity index (χ2n) is 1.59. The first-order valence-corrected chi connectivity index (χ1v) is 5.03. The van der Waals surface area contributed by atoms with Gasteiger partial charge in [-0.3, -0.25) is 0 Å². The predicted molar refractivity (Wildman–Crippen MR) is 28.8 cm³/mol. The van der Waals surface area contributed by atoms with Crippen molar-refractivity contribution in [2.24, 2.45) is 0 Å². The van der Waals surface area contributed by atoms with Crippen LogP contribution < -0.4 is 21.5 Å². The summed E-state index contributed by atoms with van der Waals surface area (Å²) in [4.78, 5) is 0. The summed E-state index contributed by atoms with van der Waals surface area (Å²) >= 11 is 0.398. The van der Waals surface area contributed by atoms with Crippen LogP contribution in [0.15, 0.2) is 0 Å². The van der Waals surface area contributed by atoms with Gasteiger partial charge in [0.05, 0.1) is 0 Å². The summed E-state index contributed by atoms with van der Waals surface area (Å²) in [6.07, 6.45) is 1.35. The molecule has 0 aliphatic rings. The molecule has 0 aliphatic carbocycles. The summed E-state index contributed by atoms with van der Waals surface area (Å²) in [6.45, 7) is 2.24. The van der Waals surface area contributed by atoms with Crippen molar-refractivity contribution in [3.8, 4) is 0 Å². The molecule has 0 amide bonds. The van der Waals surface area contributed by atoms with Gasteiger partial charge in [0.1, 0.15) is 0 Å². The topological polar surface area (TPSA) is 3.24 Å². The standard InChI is InChI=1S/C5H13IN/c1-4-5-6-7(2)3/h4-5H2,1-3H3/q-1. The molecule has 0 spiro atoms. The Labute approximate surface area is 56.7 Å². The fourth-order valence-electron chi connectivity index (χ4n) is 0.254. The van der Waals surface area contributed by atoms with Crippen molar-refractivity contribution in [1.29, 1.82) is 0 Å². The summed E-state index contributed by atoms with van der Waals surface area (Å²) < 4.78 is 3.76. The van der Waals surface area contributed by atoms with Crippen LogP contribution >= 0.6 is 0 Å². The van der Waals surface area contributed by atoms with E-state index in [-0.39, 0.29) is 0 Å². The van der Waals surface area contributed by atoms with E-state index in [9.17, 15) is 0 Å². The van der Waals surface area contributed by atoms with Crippen molar-refractivity contribution < 1.29 is 21.5 Å². The average molecular weight is 214 g/mol. The maximum atomic E-state index is 2.32. The van der Waals surface area contributed by atoms with Crippen LogP contribution in [0.1, 0.15) is 13.3 Å². The SMILES string of the molecule is CCC[I-]N(C)C. The van der Waals surface area contributed by atoms with Gasteiger partial charge in [-0.15, -0.1) is 0 Å². The van der Waals surface area contributed by atoms with Crippen LogP contribution in [0.2, 0.25) is 0 Å². The van der Waals surface area contributed by atoms with Gasteiger partial charge in [-0.2, -0.15) is 0 Å². The normalized spacial score (nSPS) is 10.9. The number of nitrogens with zero attached hydrogens (tertiary/aromatic N) is 1. The van der Waals surface area contributed by atoms with E-state index in [1.54, 1.807) is 0 Å². The van der Waals surface area contributed by atoms with E-state index in [2.05, 4.69) is 24.1 Å². The molecule has 0 aromatic rings. The van der Waals surface area contributed by atoms with Crippen LogP contribution in [0.5, 0.6) is 0 Å². The van der Waals surface area contributed by atoms with Crippen LogP contribution in [-0.4, -0.2) is 21.6 Å². The van der Waals surface area contributed by atoms with Gasteiger partial charge in [0, 0.05) is 0 Å². The number of hydrogen-bond acceptors (Lipinski definition) is 1. The van der Waals surface area contributed by atoms with Crippen molar-refractivity contribution in [2.45, 2.75) is 13.3 Å². The molecular formula is C5H13IN-. The molecular weight excluding hydrogens is 201 g/mol. The Bertz CT molecular complexity index is 37.1. The van der Waals surface area contributed by atoms with Gasteiger partial charge in [-0.05, 0) is 0 Å². The number of rotatable bonds is 3. The first-order chi connectivity index (χ1) is 3.27. The van der Waals surface area contributed by atoms with Crippen LogP contribution in [0.3, 0.4) is 0 Å². The van der Waals surface area contributed by atoms with Crippen LogP contribution in [0, 0.1) is 0 Å². The Hall–Kier alpha value is 0.690. The fourth-order valence-corrected chi connectivity index (χ4v) is 1.70. The van der Waals surface area contributed by atoms with Crippen LogP contribution in [0.4, 0.5) is 0 Å². The van der Waals surface area contributed by atoms with Gasteiger partial charge in [0.15, 0.2) is 0 Å². The number of alkyl halides is 1. The minimum atomic E-state index is 0.398. The zero-order chi connectivity index (χ0) is 5.70. The molecule has 0 radical (unpaired) electrons. The summed E-state index contributed by atoms with van der Waals surface area (Å²) in [5.74, 6) is 0. The summed E-state index contributed by atoms with van der Waals surface area (Å²) in [5, 5.41) is 0. The average Bonchev–Trinajstić information content (AvgIpc) is 1.61. The molecule has 0 N–H and O–H groups in total. The maximum absolute atomic E-state index is 2.32. The Morgan fingerprint density at radius 2 is 2.00 bits per heavy atom. The molecule has 0 aromatic carbocycles. The zero-order valence-corrected chi connectivity index (χ0v) is 7.40. The molecule has 0 saturated heterocycles. The second kappa shape index (κ2) is 4.84. The summed E-state index contributed by atoms with van der Waals surface area (Å²) in [6, 6.07) is 0. The van der Waals surface area contributed by atoms with Gasteiger partial charge < -0.3 is 0 Å². The van der Waals surface area contributed by atoms with E-state index < -0.39 is 0 Å². The molecule has 0 aliphatic heterocycles. The Balaban J connectivity index is 2.68. The van der Waals surface area contributed by atoms with Crippen LogP contribution in [-0.2, 0) is 0 Å². The van der Waals surface area contributed by atoms with Crippen LogP contribution in [0.25, 0.3) is 0 Å². The van der Waals surface area contributed by atoms with Crippen molar-refractivity contribution >= 4 is 0 Å². The van der Waals surface area contributed by atoms with Gasteiger partial charge in [-0.1, -0.05) is 0 Å². The molecule has 0 aromatic heterocycles. The Morgan fingerprint density at radius 3 is 2.14 bits per heavy atom. The number of hydrogen-bond donors (Lipinski definition) is 0. The molecule has 0 saturated carbocycles. The predicted octanol–water partition coefficient (Wildman–Crippen LogP) is -2.04. The Kier molecular flexibility index (Phi) is 5.32. The van der Waals surface area contributed by atoms with E-state index in [0.717, 1.165) is 0 Å². The third-order valence-corrected chi connectivity index (χ3v) is 3.44. The quantitative estimate of drug-likeness (QED) is 0.297. The van der Waals surface area contributed by atoms with E-state index in [0.29, 0.717) is 21.5 Å². The third kappa shape index (κ3) is 6.69. The zero-order valence-electron chi connectivity index (χ0n) is 5.24. The van der Waals surface area contributed by atoms with E-state index >= 15 is 0 Å². The van der Waals surface area contributed by atoms with E-state index in [1.807, 2.05) is 0 Å². The minimum absolute atomic E-state index is 0.398. The van der Waals surface area contributed by atoms with Crippen molar-refractivity contribution in [3.05, 3.63) is 0 Å². The van der Waals surface area contributed by atoms with Crippen molar-refractivity contribution in [1.82, 2.24) is 3.11 Å².